The number of nitrogens with one attached hydrogen (secondary N) is 1. The van der Waals surface area contributed by atoms with Gasteiger partial charge in [0.25, 0.3) is 0 Å². The minimum atomic E-state index is -0.706. The van der Waals surface area contributed by atoms with E-state index in [-0.39, 0.29) is 44.9 Å². The van der Waals surface area contributed by atoms with Crippen molar-refractivity contribution in [2.75, 3.05) is 24.6 Å². The lowest BCUT2D eigenvalue weighted by Crippen LogP contribution is -2.51. The fourth-order valence-electron chi connectivity index (χ4n) is 8.27. The Labute approximate surface area is 260 Å². The van der Waals surface area contributed by atoms with Crippen LogP contribution in [0.1, 0.15) is 56.9 Å². The molecule has 230 valence electrons. The Bertz CT molecular complexity index is 1880. The Hall–Kier alpha value is -4.29. The van der Waals surface area contributed by atoms with Crippen molar-refractivity contribution in [3.63, 3.8) is 0 Å². The number of phenolic OH excluding ortho intramolecular Hbond substituents is 1. The molecule has 4 aromatic rings. The molecule has 5 fully saturated rings. The molecule has 9 heteroatoms. The molecule has 4 bridgehead atoms. The number of ether oxygens (including phenoxy) is 1. The number of rotatable bonds is 6. The fourth-order valence-corrected chi connectivity index (χ4v) is 8.27. The molecule has 2 aromatic heterocycles. The van der Waals surface area contributed by atoms with Crippen molar-refractivity contribution in [1.29, 1.82) is 0 Å². The summed E-state index contributed by atoms with van der Waals surface area (Å²) in [5.74, 6) is 1.56. The summed E-state index contributed by atoms with van der Waals surface area (Å²) in [7, 11) is 0. The number of allylic oxidation sites excluding steroid dienone is 1. The average Bonchev–Trinajstić information content (AvgIpc) is 3.41. The summed E-state index contributed by atoms with van der Waals surface area (Å²) < 4.78 is 38.0. The molecule has 45 heavy (non-hydrogen) atoms. The number of hydrogen-bond donors (Lipinski definition) is 2. The number of hydrogen-bond acceptors (Lipinski definition) is 7. The molecule has 3 aliphatic carbocycles. The van der Waals surface area contributed by atoms with Crippen LogP contribution in [0.25, 0.3) is 32.9 Å². The van der Waals surface area contributed by atoms with Crippen LogP contribution in [0, 0.1) is 34.8 Å². The van der Waals surface area contributed by atoms with Gasteiger partial charge in [-0.15, -0.1) is 13.0 Å². The number of aromatic nitrogens is 3. The highest BCUT2D eigenvalue weighted by atomic mass is 19.1. The lowest BCUT2D eigenvalue weighted by Gasteiger charge is -2.52. The van der Waals surface area contributed by atoms with Crippen molar-refractivity contribution in [2.45, 2.75) is 63.5 Å². The van der Waals surface area contributed by atoms with E-state index in [4.69, 9.17) is 16.1 Å². The van der Waals surface area contributed by atoms with Crippen molar-refractivity contribution < 1.29 is 18.6 Å². The maximum atomic E-state index is 16.8. The Morgan fingerprint density at radius 3 is 2.51 bits per heavy atom. The molecule has 0 unspecified atom stereocenters. The van der Waals surface area contributed by atoms with Crippen LogP contribution in [0.2, 0.25) is 0 Å². The number of aromatic hydroxyl groups is 1. The molecule has 2 N–H and O–H groups in total. The highest BCUT2D eigenvalue weighted by molar-refractivity contribution is 6.03. The van der Waals surface area contributed by atoms with Crippen molar-refractivity contribution in [3.05, 3.63) is 60.3 Å². The first-order valence-electron chi connectivity index (χ1n) is 15.9. The lowest BCUT2D eigenvalue weighted by molar-refractivity contribution is -0.0145. The fraction of sp³-hybridized carbons (Fsp3) is 0.417. The number of benzene rings is 2. The Morgan fingerprint density at radius 2 is 1.82 bits per heavy atom. The van der Waals surface area contributed by atoms with Crippen LogP contribution < -0.4 is 15.0 Å². The summed E-state index contributed by atoms with van der Waals surface area (Å²) in [5.41, 5.74) is 0.453. The zero-order valence-corrected chi connectivity index (χ0v) is 25.1. The van der Waals surface area contributed by atoms with E-state index >= 15 is 4.39 Å². The van der Waals surface area contributed by atoms with Gasteiger partial charge in [-0.1, -0.05) is 18.1 Å². The van der Waals surface area contributed by atoms with Gasteiger partial charge in [0.2, 0.25) is 0 Å². The monoisotopic (exact) mass is 607 g/mol. The molecular weight excluding hydrogens is 572 g/mol. The zero-order chi connectivity index (χ0) is 30.9. The third-order valence-corrected chi connectivity index (χ3v) is 11.0. The minimum absolute atomic E-state index is 0.0211. The van der Waals surface area contributed by atoms with E-state index in [1.807, 2.05) is 0 Å². The Balaban J connectivity index is 1.25. The normalized spacial score (nSPS) is 27.2. The lowest BCUT2D eigenvalue weighted by atomic mass is 9.54. The van der Waals surface area contributed by atoms with Crippen LogP contribution in [-0.2, 0) is 0 Å². The maximum Gasteiger partial charge on any atom is 0.319 e. The molecule has 4 heterocycles. The highest BCUT2D eigenvalue weighted by Gasteiger charge is 2.47. The first-order valence-corrected chi connectivity index (χ1v) is 15.9. The summed E-state index contributed by atoms with van der Waals surface area (Å²) in [6.45, 7) is 6.04. The van der Waals surface area contributed by atoms with Crippen LogP contribution in [-0.4, -0.2) is 51.8 Å². The number of pyridine rings is 1. The molecule has 2 atom stereocenters. The summed E-state index contributed by atoms with van der Waals surface area (Å²) in [6.07, 6.45) is 18.1. The first kappa shape index (κ1) is 28.2. The van der Waals surface area contributed by atoms with E-state index in [2.05, 4.69) is 38.8 Å². The number of fused-ring (bicyclic) bond motifs is 7. The second kappa shape index (κ2) is 10.4. The SMILES string of the molecule is C#Cc1c(F)ccc2cc(O)cc(-c3ncc4c(N5C[C@H]6CC[C@@H](C5)N6)nc(OCC56CCC(C=C)(CC5)CC6)nc4c3F)c12. The Morgan fingerprint density at radius 1 is 1.09 bits per heavy atom. The number of phenols is 1. The summed E-state index contributed by atoms with van der Waals surface area (Å²) in [4.78, 5) is 16.2. The van der Waals surface area contributed by atoms with E-state index < -0.39 is 11.6 Å². The van der Waals surface area contributed by atoms with E-state index in [9.17, 15) is 9.50 Å². The van der Waals surface area contributed by atoms with Crippen LogP contribution in [0.3, 0.4) is 0 Å². The zero-order valence-electron chi connectivity index (χ0n) is 25.1. The molecule has 5 aliphatic rings. The largest absolute Gasteiger partial charge is 0.508 e. The predicted molar refractivity (Wildman–Crippen MR) is 170 cm³/mol. The van der Waals surface area contributed by atoms with Crippen LogP contribution in [0.5, 0.6) is 11.8 Å². The molecule has 2 aromatic carbocycles. The third kappa shape index (κ3) is 4.61. The van der Waals surface area contributed by atoms with E-state index in [0.29, 0.717) is 40.7 Å². The molecule has 7 nitrogen and oxygen atoms in total. The smallest absolute Gasteiger partial charge is 0.319 e. The number of nitrogens with zero attached hydrogens (tertiary/aromatic N) is 4. The van der Waals surface area contributed by atoms with Crippen molar-refractivity contribution in [3.8, 4) is 35.4 Å². The summed E-state index contributed by atoms with van der Waals surface area (Å²) in [5, 5.41) is 15.4. The number of halogens is 2. The second-order valence-electron chi connectivity index (χ2n) is 13.6. The van der Waals surface area contributed by atoms with Crippen molar-refractivity contribution in [2.24, 2.45) is 10.8 Å². The first-order chi connectivity index (χ1) is 21.8. The predicted octanol–water partition coefficient (Wildman–Crippen LogP) is 6.66. The molecule has 0 radical (unpaired) electrons. The second-order valence-corrected chi connectivity index (χ2v) is 13.6. The van der Waals surface area contributed by atoms with Crippen molar-refractivity contribution in [1.82, 2.24) is 20.3 Å². The van der Waals surface area contributed by atoms with Gasteiger partial charge in [-0.3, -0.25) is 4.98 Å². The molecular formula is C36H35F2N5O2. The summed E-state index contributed by atoms with van der Waals surface area (Å²) >= 11 is 0. The average molecular weight is 608 g/mol. The van der Waals surface area contributed by atoms with Gasteiger partial charge in [0.15, 0.2) is 5.82 Å². The van der Waals surface area contributed by atoms with Crippen LogP contribution >= 0.6 is 0 Å². The molecule has 3 saturated carbocycles. The van der Waals surface area contributed by atoms with Crippen LogP contribution in [0.4, 0.5) is 14.6 Å². The van der Waals surface area contributed by atoms with Gasteiger partial charge in [0.05, 0.1) is 17.6 Å². The minimum Gasteiger partial charge on any atom is -0.508 e. The van der Waals surface area contributed by atoms with Gasteiger partial charge in [0.1, 0.15) is 28.6 Å². The van der Waals surface area contributed by atoms with E-state index in [1.54, 1.807) is 6.20 Å². The maximum absolute atomic E-state index is 16.8. The van der Waals surface area contributed by atoms with Gasteiger partial charge in [0, 0.05) is 47.7 Å². The number of piperazine rings is 1. The third-order valence-electron chi connectivity index (χ3n) is 11.0. The summed E-state index contributed by atoms with van der Waals surface area (Å²) in [6, 6.07) is 6.38. The van der Waals surface area contributed by atoms with Gasteiger partial charge in [-0.05, 0) is 80.4 Å². The number of terminal acetylenes is 1. The molecule has 0 amide bonds. The quantitative estimate of drug-likeness (QED) is 0.187. The number of anilines is 1. The standard InChI is InChI=1S/C36H35F2N5O2/c1-3-25-28(37)8-5-21-15-24(44)16-26(29(21)25)31-30(38)32-27(17-39-31)33(43-18-22-6-7-23(19-43)40-22)42-34(41-32)45-20-36-12-9-35(4-2,10-13-36)11-14-36/h1,4-5,8,15-17,22-23,40,44H,2,6-7,9-14,18-20H2/t22-,23+,35?,36?. The molecule has 9 rings (SSSR count). The van der Waals surface area contributed by atoms with Gasteiger partial charge in [-0.2, -0.15) is 9.97 Å². The highest BCUT2D eigenvalue weighted by Crippen LogP contribution is 2.57. The Kier molecular flexibility index (Phi) is 6.51. The molecule has 0 spiro atoms. The van der Waals surface area contributed by atoms with Gasteiger partial charge < -0.3 is 20.1 Å². The van der Waals surface area contributed by atoms with E-state index in [1.165, 1.54) is 24.3 Å². The van der Waals surface area contributed by atoms with Gasteiger partial charge in [-0.25, -0.2) is 8.78 Å². The van der Waals surface area contributed by atoms with Crippen molar-refractivity contribution >= 4 is 27.5 Å². The van der Waals surface area contributed by atoms with E-state index in [0.717, 1.165) is 64.5 Å². The van der Waals surface area contributed by atoms with Gasteiger partial charge >= 0.3 is 6.01 Å². The topological polar surface area (TPSA) is 83.4 Å². The molecule has 2 aliphatic heterocycles. The molecule has 2 saturated heterocycles. The van der Waals surface area contributed by atoms with Crippen LogP contribution in [0.15, 0.2) is 43.1 Å².